The number of thioether (sulfide) groups is 1. The Labute approximate surface area is 87.5 Å². The van der Waals surface area contributed by atoms with Crippen molar-refractivity contribution in [2.24, 2.45) is 0 Å². The SMILES string of the molecule is C=CCSCCNCc1cncs1. The minimum Gasteiger partial charge on any atom is -0.311 e. The largest absolute Gasteiger partial charge is 0.311 e. The second-order valence-electron chi connectivity index (χ2n) is 2.51. The van der Waals surface area contributed by atoms with Crippen LogP contribution in [0.4, 0.5) is 0 Å². The molecule has 0 aliphatic carbocycles. The predicted octanol–water partition coefficient (Wildman–Crippen LogP) is 2.15. The number of nitrogens with zero attached hydrogens (tertiary/aromatic N) is 1. The van der Waals surface area contributed by atoms with Gasteiger partial charge < -0.3 is 5.32 Å². The maximum absolute atomic E-state index is 4.01. The molecule has 0 atom stereocenters. The lowest BCUT2D eigenvalue weighted by Gasteiger charge is -2.00. The van der Waals surface area contributed by atoms with E-state index < -0.39 is 0 Å². The smallest absolute Gasteiger partial charge is 0.0794 e. The number of hydrogen-bond acceptors (Lipinski definition) is 4. The van der Waals surface area contributed by atoms with Gasteiger partial charge in [0, 0.05) is 35.7 Å². The first-order valence-corrected chi connectivity index (χ1v) is 6.23. The summed E-state index contributed by atoms with van der Waals surface area (Å²) in [4.78, 5) is 5.31. The van der Waals surface area contributed by atoms with Crippen LogP contribution in [0.1, 0.15) is 4.88 Å². The quantitative estimate of drug-likeness (QED) is 0.556. The summed E-state index contributed by atoms with van der Waals surface area (Å²) in [5.74, 6) is 2.19. The van der Waals surface area contributed by atoms with Crippen LogP contribution >= 0.6 is 23.1 Å². The van der Waals surface area contributed by atoms with Gasteiger partial charge in [0.05, 0.1) is 5.51 Å². The molecule has 1 heterocycles. The molecule has 1 N–H and O–H groups in total. The standard InChI is InChI=1S/C9H14N2S2/c1-2-4-12-5-3-10-6-9-7-11-8-13-9/h2,7-8,10H,1,3-6H2. The summed E-state index contributed by atoms with van der Waals surface area (Å²) in [5.41, 5.74) is 1.86. The Bertz CT molecular complexity index is 222. The van der Waals surface area contributed by atoms with Crippen molar-refractivity contribution in [1.82, 2.24) is 10.3 Å². The summed E-state index contributed by atoms with van der Waals surface area (Å²) >= 11 is 3.59. The van der Waals surface area contributed by atoms with Gasteiger partial charge in [-0.1, -0.05) is 6.08 Å². The second kappa shape index (κ2) is 7.12. The molecule has 0 saturated heterocycles. The molecule has 72 valence electrons. The van der Waals surface area contributed by atoms with Gasteiger partial charge in [0.25, 0.3) is 0 Å². The zero-order valence-corrected chi connectivity index (χ0v) is 9.16. The normalized spacial score (nSPS) is 10.2. The summed E-state index contributed by atoms with van der Waals surface area (Å²) in [7, 11) is 0. The maximum Gasteiger partial charge on any atom is 0.0794 e. The Morgan fingerprint density at radius 3 is 3.31 bits per heavy atom. The molecule has 0 bridgehead atoms. The number of nitrogens with one attached hydrogen (secondary N) is 1. The first kappa shape index (κ1) is 10.8. The predicted molar refractivity (Wildman–Crippen MR) is 61.3 cm³/mol. The zero-order valence-electron chi connectivity index (χ0n) is 7.53. The minimum atomic E-state index is 0.944. The van der Waals surface area contributed by atoms with Crippen LogP contribution < -0.4 is 5.32 Å². The Balaban J connectivity index is 1.93. The van der Waals surface area contributed by atoms with Crippen LogP contribution in [0.3, 0.4) is 0 Å². The lowest BCUT2D eigenvalue weighted by Crippen LogP contribution is -2.15. The molecule has 4 heteroatoms. The van der Waals surface area contributed by atoms with Crippen molar-refractivity contribution < 1.29 is 0 Å². The average Bonchev–Trinajstić information content (AvgIpc) is 2.63. The van der Waals surface area contributed by atoms with Crippen LogP contribution in [-0.2, 0) is 6.54 Å². The summed E-state index contributed by atoms with van der Waals surface area (Å²) in [6, 6.07) is 0. The van der Waals surface area contributed by atoms with Gasteiger partial charge in [-0.2, -0.15) is 11.8 Å². The Morgan fingerprint density at radius 2 is 2.62 bits per heavy atom. The van der Waals surface area contributed by atoms with E-state index in [0.717, 1.165) is 24.6 Å². The molecular weight excluding hydrogens is 200 g/mol. The highest BCUT2D eigenvalue weighted by molar-refractivity contribution is 7.99. The lowest BCUT2D eigenvalue weighted by molar-refractivity contribution is 0.740. The molecule has 1 rings (SSSR count). The van der Waals surface area contributed by atoms with Gasteiger partial charge in [0.15, 0.2) is 0 Å². The van der Waals surface area contributed by atoms with E-state index >= 15 is 0 Å². The Morgan fingerprint density at radius 1 is 1.69 bits per heavy atom. The first-order chi connectivity index (χ1) is 6.43. The number of rotatable bonds is 7. The fourth-order valence-electron chi connectivity index (χ4n) is 0.852. The number of thiazole rings is 1. The van der Waals surface area contributed by atoms with Crippen LogP contribution in [0.25, 0.3) is 0 Å². The van der Waals surface area contributed by atoms with E-state index in [1.807, 2.05) is 29.5 Å². The van der Waals surface area contributed by atoms with Gasteiger partial charge in [-0.15, -0.1) is 17.9 Å². The zero-order chi connectivity index (χ0) is 9.36. The van der Waals surface area contributed by atoms with Crippen LogP contribution in [0.15, 0.2) is 24.4 Å². The van der Waals surface area contributed by atoms with Crippen molar-refractivity contribution in [3.63, 3.8) is 0 Å². The monoisotopic (exact) mass is 214 g/mol. The molecule has 1 aromatic rings. The Kier molecular flexibility index (Phi) is 5.89. The first-order valence-electron chi connectivity index (χ1n) is 4.20. The van der Waals surface area contributed by atoms with Gasteiger partial charge in [0.1, 0.15) is 0 Å². The topological polar surface area (TPSA) is 24.9 Å². The summed E-state index contributed by atoms with van der Waals surface area (Å²) in [6.45, 7) is 5.67. The summed E-state index contributed by atoms with van der Waals surface area (Å²) in [5, 5.41) is 3.36. The van der Waals surface area contributed by atoms with Crippen molar-refractivity contribution in [3.8, 4) is 0 Å². The fraction of sp³-hybridized carbons (Fsp3) is 0.444. The highest BCUT2D eigenvalue weighted by Crippen LogP contribution is 2.04. The third kappa shape index (κ3) is 5.08. The van der Waals surface area contributed by atoms with E-state index in [4.69, 9.17) is 0 Å². The second-order valence-corrected chi connectivity index (χ2v) is 4.63. The molecule has 0 radical (unpaired) electrons. The number of aromatic nitrogens is 1. The molecule has 0 aliphatic rings. The van der Waals surface area contributed by atoms with E-state index in [0.29, 0.717) is 0 Å². The molecule has 2 nitrogen and oxygen atoms in total. The van der Waals surface area contributed by atoms with Crippen molar-refractivity contribution in [2.45, 2.75) is 6.54 Å². The molecule has 0 fully saturated rings. The molecule has 0 spiro atoms. The van der Waals surface area contributed by atoms with E-state index in [1.165, 1.54) is 4.88 Å². The van der Waals surface area contributed by atoms with E-state index in [-0.39, 0.29) is 0 Å². The minimum absolute atomic E-state index is 0.944. The highest BCUT2D eigenvalue weighted by atomic mass is 32.2. The van der Waals surface area contributed by atoms with Gasteiger partial charge in [-0.25, -0.2) is 0 Å². The molecule has 13 heavy (non-hydrogen) atoms. The lowest BCUT2D eigenvalue weighted by atomic mass is 10.5. The molecular formula is C9H14N2S2. The van der Waals surface area contributed by atoms with Crippen LogP contribution in [0.2, 0.25) is 0 Å². The maximum atomic E-state index is 4.01. The van der Waals surface area contributed by atoms with E-state index in [1.54, 1.807) is 11.3 Å². The third-order valence-corrected chi connectivity index (χ3v) is 3.19. The summed E-state index contributed by atoms with van der Waals surface area (Å²) < 4.78 is 0. The van der Waals surface area contributed by atoms with Crippen LogP contribution in [0, 0.1) is 0 Å². The average molecular weight is 214 g/mol. The number of hydrogen-bond donors (Lipinski definition) is 1. The van der Waals surface area contributed by atoms with Gasteiger partial charge in [-0.05, 0) is 0 Å². The molecule has 0 unspecified atom stereocenters. The van der Waals surface area contributed by atoms with Crippen LogP contribution in [-0.4, -0.2) is 23.0 Å². The fourth-order valence-corrected chi connectivity index (χ4v) is 2.04. The summed E-state index contributed by atoms with van der Waals surface area (Å²) in [6.07, 6.45) is 3.85. The van der Waals surface area contributed by atoms with Crippen molar-refractivity contribution in [1.29, 1.82) is 0 Å². The molecule has 0 aliphatic heterocycles. The van der Waals surface area contributed by atoms with Gasteiger partial charge in [-0.3, -0.25) is 4.98 Å². The van der Waals surface area contributed by atoms with Crippen LogP contribution in [0.5, 0.6) is 0 Å². The van der Waals surface area contributed by atoms with Crippen molar-refractivity contribution in [2.75, 3.05) is 18.1 Å². The third-order valence-electron chi connectivity index (χ3n) is 1.44. The van der Waals surface area contributed by atoms with E-state index in [2.05, 4.69) is 16.9 Å². The molecule has 0 amide bonds. The highest BCUT2D eigenvalue weighted by Gasteiger charge is 1.92. The van der Waals surface area contributed by atoms with E-state index in [9.17, 15) is 0 Å². The molecule has 1 aromatic heterocycles. The van der Waals surface area contributed by atoms with Gasteiger partial charge >= 0.3 is 0 Å². The van der Waals surface area contributed by atoms with Gasteiger partial charge in [0.2, 0.25) is 0 Å². The molecule has 0 aromatic carbocycles. The van der Waals surface area contributed by atoms with Crippen molar-refractivity contribution in [3.05, 3.63) is 29.2 Å². The molecule has 0 saturated carbocycles. The Hall–Kier alpha value is -0.320. The van der Waals surface area contributed by atoms with Crippen molar-refractivity contribution >= 4 is 23.1 Å².